The molecule has 0 spiro atoms. The number of aliphatic hydroxyl groups excluding tert-OH is 1. The molecule has 0 radical (unpaired) electrons. The molecule has 0 bridgehead atoms. The summed E-state index contributed by atoms with van der Waals surface area (Å²) in [6.45, 7) is 0. The Morgan fingerprint density at radius 3 is 2.45 bits per heavy atom. The molecule has 1 aromatic heterocycles. The number of aliphatic hydroxyl groups is 1. The van der Waals surface area contributed by atoms with E-state index in [1.807, 2.05) is 48.7 Å². The van der Waals surface area contributed by atoms with Crippen LogP contribution in [-0.2, 0) is 5.54 Å². The lowest BCUT2D eigenvalue weighted by Gasteiger charge is -2.33. The molecule has 0 aliphatic carbocycles. The first-order valence-electron chi connectivity index (χ1n) is 9.59. The van der Waals surface area contributed by atoms with Crippen LogP contribution in [-0.4, -0.2) is 34.2 Å². The van der Waals surface area contributed by atoms with Crippen molar-refractivity contribution in [2.24, 2.45) is 10.7 Å². The summed E-state index contributed by atoms with van der Waals surface area (Å²) >= 11 is 0. The number of nitrogens with two attached hydrogens (primary N) is 1. The van der Waals surface area contributed by atoms with Gasteiger partial charge in [0.05, 0.1) is 0 Å². The average Bonchev–Trinajstić information content (AvgIpc) is 3.33. The fourth-order valence-corrected chi connectivity index (χ4v) is 4.18. The fraction of sp³-hybridized carbons (Fsp3) is 0.125. The van der Waals surface area contributed by atoms with Crippen LogP contribution in [0, 0.1) is 0 Å². The number of guanidine groups is 1. The summed E-state index contributed by atoms with van der Waals surface area (Å²) in [6.07, 6.45) is 1.05. The number of benzene rings is 3. The highest BCUT2D eigenvalue weighted by Crippen LogP contribution is 2.42. The molecule has 5 rings (SSSR count). The normalized spacial score (nSPS) is 21.5. The fourth-order valence-electron chi connectivity index (χ4n) is 4.18. The number of aliphatic imine (C=N–C) groups is 1. The highest BCUT2D eigenvalue weighted by molar-refractivity contribution is 5.85. The van der Waals surface area contributed by atoms with Crippen LogP contribution >= 0.6 is 0 Å². The molecule has 2 atom stereocenters. The van der Waals surface area contributed by atoms with Crippen LogP contribution in [0.2, 0.25) is 0 Å². The monoisotopic (exact) mass is 382 g/mol. The Morgan fingerprint density at radius 1 is 0.931 bits per heavy atom. The van der Waals surface area contributed by atoms with E-state index in [2.05, 4.69) is 41.4 Å². The standard InChI is InChI=1S/C24H22N4O/c1-28-22(29)24(27-23(28)25,19-7-3-2-4-8-19)20-9-5-6-16(15-20)17-10-11-21-18(14-17)12-13-26-21/h2-15,22,26,29H,1H3,(H2,25,27). The molecule has 3 aromatic carbocycles. The second-order valence-electron chi connectivity index (χ2n) is 7.45. The number of aromatic amines is 1. The van der Waals surface area contributed by atoms with E-state index in [0.29, 0.717) is 5.96 Å². The van der Waals surface area contributed by atoms with E-state index >= 15 is 0 Å². The van der Waals surface area contributed by atoms with Gasteiger partial charge in [-0.2, -0.15) is 0 Å². The van der Waals surface area contributed by atoms with Crippen molar-refractivity contribution in [2.45, 2.75) is 11.8 Å². The molecule has 0 saturated carbocycles. The van der Waals surface area contributed by atoms with Gasteiger partial charge < -0.3 is 20.7 Å². The average molecular weight is 382 g/mol. The molecule has 5 heteroatoms. The van der Waals surface area contributed by atoms with Gasteiger partial charge in [0.1, 0.15) is 0 Å². The minimum absolute atomic E-state index is 0.320. The van der Waals surface area contributed by atoms with Gasteiger partial charge >= 0.3 is 0 Å². The van der Waals surface area contributed by atoms with Crippen molar-refractivity contribution < 1.29 is 5.11 Å². The second kappa shape index (κ2) is 6.50. The molecular formula is C24H22N4O. The van der Waals surface area contributed by atoms with Crippen LogP contribution in [0.1, 0.15) is 11.1 Å². The quantitative estimate of drug-likeness (QED) is 0.506. The molecule has 5 nitrogen and oxygen atoms in total. The van der Waals surface area contributed by atoms with Crippen molar-refractivity contribution in [1.29, 1.82) is 0 Å². The predicted molar refractivity (Wildman–Crippen MR) is 116 cm³/mol. The first-order chi connectivity index (χ1) is 14.1. The van der Waals surface area contributed by atoms with Gasteiger partial charge in [-0.05, 0) is 51.9 Å². The van der Waals surface area contributed by atoms with Crippen LogP contribution in [0.15, 0.2) is 90.1 Å². The van der Waals surface area contributed by atoms with E-state index in [4.69, 9.17) is 10.7 Å². The Balaban J connectivity index is 1.69. The van der Waals surface area contributed by atoms with Gasteiger partial charge in [0.25, 0.3) is 0 Å². The number of fused-ring (bicyclic) bond motifs is 1. The third-order valence-corrected chi connectivity index (χ3v) is 5.80. The molecule has 144 valence electrons. The van der Waals surface area contributed by atoms with Gasteiger partial charge in [-0.3, -0.25) is 0 Å². The zero-order chi connectivity index (χ0) is 20.0. The molecule has 2 unspecified atom stereocenters. The minimum Gasteiger partial charge on any atom is -0.370 e. The van der Waals surface area contributed by atoms with Crippen molar-refractivity contribution in [3.05, 3.63) is 96.2 Å². The second-order valence-corrected chi connectivity index (χ2v) is 7.45. The van der Waals surface area contributed by atoms with Crippen LogP contribution in [0.4, 0.5) is 0 Å². The van der Waals surface area contributed by atoms with Gasteiger partial charge in [0.15, 0.2) is 17.7 Å². The van der Waals surface area contributed by atoms with Crippen LogP contribution in [0.5, 0.6) is 0 Å². The van der Waals surface area contributed by atoms with E-state index in [1.54, 1.807) is 11.9 Å². The topological polar surface area (TPSA) is 77.6 Å². The lowest BCUT2D eigenvalue weighted by atomic mass is 9.81. The molecule has 4 aromatic rings. The zero-order valence-electron chi connectivity index (χ0n) is 16.1. The highest BCUT2D eigenvalue weighted by Gasteiger charge is 2.49. The van der Waals surface area contributed by atoms with Crippen LogP contribution < -0.4 is 5.73 Å². The van der Waals surface area contributed by atoms with E-state index in [-0.39, 0.29) is 0 Å². The van der Waals surface area contributed by atoms with Crippen LogP contribution in [0.3, 0.4) is 0 Å². The van der Waals surface area contributed by atoms with E-state index in [0.717, 1.165) is 33.2 Å². The zero-order valence-corrected chi connectivity index (χ0v) is 16.1. The SMILES string of the molecule is CN1C(N)=NC(c2ccccc2)(c2cccc(-c3ccc4[nH]ccc4c3)c2)C1O. The maximum atomic E-state index is 11.2. The maximum Gasteiger partial charge on any atom is 0.194 e. The maximum absolute atomic E-state index is 11.2. The van der Waals surface area contributed by atoms with Crippen molar-refractivity contribution >= 4 is 16.9 Å². The number of nitrogens with zero attached hydrogens (tertiary/aromatic N) is 2. The molecule has 29 heavy (non-hydrogen) atoms. The van der Waals surface area contributed by atoms with E-state index in [1.165, 1.54) is 0 Å². The van der Waals surface area contributed by atoms with E-state index in [9.17, 15) is 5.11 Å². The molecule has 1 aliphatic rings. The third kappa shape index (κ3) is 2.62. The summed E-state index contributed by atoms with van der Waals surface area (Å²) in [5.74, 6) is 0.320. The van der Waals surface area contributed by atoms with Gasteiger partial charge in [-0.25, -0.2) is 4.99 Å². The van der Waals surface area contributed by atoms with Crippen molar-refractivity contribution in [1.82, 2.24) is 9.88 Å². The molecule has 0 saturated heterocycles. The number of rotatable bonds is 3. The summed E-state index contributed by atoms with van der Waals surface area (Å²) < 4.78 is 0. The summed E-state index contributed by atoms with van der Waals surface area (Å²) in [7, 11) is 1.76. The summed E-state index contributed by atoms with van der Waals surface area (Å²) in [5, 5.41) is 12.3. The first-order valence-corrected chi connectivity index (χ1v) is 9.59. The molecule has 0 amide bonds. The summed E-state index contributed by atoms with van der Waals surface area (Å²) in [6, 6.07) is 26.4. The Morgan fingerprint density at radius 2 is 1.69 bits per heavy atom. The number of hydrogen-bond acceptors (Lipinski definition) is 4. The highest BCUT2D eigenvalue weighted by atomic mass is 16.3. The number of aromatic nitrogens is 1. The number of hydrogen-bond donors (Lipinski definition) is 3. The Bertz CT molecular complexity index is 1210. The molecule has 0 fully saturated rings. The van der Waals surface area contributed by atoms with Crippen molar-refractivity contribution in [2.75, 3.05) is 7.05 Å². The minimum atomic E-state index is -0.978. The number of nitrogens with one attached hydrogen (secondary N) is 1. The molecule has 1 aliphatic heterocycles. The lowest BCUT2D eigenvalue weighted by molar-refractivity contribution is 0.0311. The Kier molecular flexibility index (Phi) is 3.93. The van der Waals surface area contributed by atoms with Gasteiger partial charge in [0.2, 0.25) is 0 Å². The predicted octanol–water partition coefficient (Wildman–Crippen LogP) is 3.66. The molecule has 4 N–H and O–H groups in total. The van der Waals surface area contributed by atoms with Crippen molar-refractivity contribution in [3.63, 3.8) is 0 Å². The molecular weight excluding hydrogens is 360 g/mol. The van der Waals surface area contributed by atoms with Gasteiger partial charge in [0, 0.05) is 18.8 Å². The largest absolute Gasteiger partial charge is 0.370 e. The van der Waals surface area contributed by atoms with Crippen molar-refractivity contribution in [3.8, 4) is 11.1 Å². The van der Waals surface area contributed by atoms with Gasteiger partial charge in [-0.1, -0.05) is 54.6 Å². The first kappa shape index (κ1) is 17.5. The number of likely N-dealkylation sites (N-methyl/N-ethyl adjacent to an activating group) is 1. The Hall–Kier alpha value is -3.57. The van der Waals surface area contributed by atoms with Gasteiger partial charge in [-0.15, -0.1) is 0 Å². The van der Waals surface area contributed by atoms with Crippen LogP contribution in [0.25, 0.3) is 22.0 Å². The Labute approximate surface area is 169 Å². The smallest absolute Gasteiger partial charge is 0.194 e. The molecule has 2 heterocycles. The number of H-pyrrole nitrogens is 1. The summed E-state index contributed by atoms with van der Waals surface area (Å²) in [4.78, 5) is 9.61. The third-order valence-electron chi connectivity index (χ3n) is 5.80. The lowest BCUT2D eigenvalue weighted by Crippen LogP contribution is -2.45. The van der Waals surface area contributed by atoms with E-state index < -0.39 is 11.8 Å². The summed E-state index contributed by atoms with van der Waals surface area (Å²) in [5.41, 5.74) is 10.2.